The van der Waals surface area contributed by atoms with Crippen LogP contribution in [0.3, 0.4) is 0 Å². The van der Waals surface area contributed by atoms with Gasteiger partial charge in [-0.05, 0) is 34.1 Å². The zero-order valence-electron chi connectivity index (χ0n) is 13.4. The van der Waals surface area contributed by atoms with Crippen LogP contribution in [0.15, 0.2) is 0 Å². The van der Waals surface area contributed by atoms with Crippen molar-refractivity contribution in [3.05, 3.63) is 0 Å². The van der Waals surface area contributed by atoms with Crippen LogP contribution in [-0.2, 0) is 9.59 Å². The highest BCUT2D eigenvalue weighted by Gasteiger charge is 2.25. The number of rotatable bonds is 8. The van der Waals surface area contributed by atoms with Gasteiger partial charge in [0.2, 0.25) is 11.8 Å². The summed E-state index contributed by atoms with van der Waals surface area (Å²) in [5, 5.41) is 0. The summed E-state index contributed by atoms with van der Waals surface area (Å²) in [6.07, 6.45) is 0.630. The van der Waals surface area contributed by atoms with Crippen molar-refractivity contribution in [1.29, 1.82) is 0 Å². The molecule has 0 spiro atoms. The fraction of sp³-hybridized carbons (Fsp3) is 0.867. The molecule has 0 saturated heterocycles. The van der Waals surface area contributed by atoms with Crippen LogP contribution in [0, 0.1) is 11.8 Å². The molecule has 0 saturated carbocycles. The van der Waals surface area contributed by atoms with E-state index >= 15 is 0 Å². The maximum absolute atomic E-state index is 12.2. The van der Waals surface area contributed by atoms with E-state index in [-0.39, 0.29) is 23.7 Å². The predicted molar refractivity (Wildman–Crippen MR) is 78.8 cm³/mol. The van der Waals surface area contributed by atoms with Crippen molar-refractivity contribution in [3.63, 3.8) is 0 Å². The van der Waals surface area contributed by atoms with Crippen LogP contribution >= 0.6 is 0 Å². The van der Waals surface area contributed by atoms with Gasteiger partial charge in [-0.3, -0.25) is 9.59 Å². The van der Waals surface area contributed by atoms with Crippen LogP contribution < -0.4 is 0 Å². The van der Waals surface area contributed by atoms with Crippen molar-refractivity contribution >= 4 is 11.8 Å². The zero-order valence-corrected chi connectivity index (χ0v) is 13.4. The molecule has 0 fully saturated rings. The van der Waals surface area contributed by atoms with Crippen molar-refractivity contribution in [2.24, 2.45) is 11.8 Å². The smallest absolute Gasteiger partial charge is 0.225 e. The van der Waals surface area contributed by atoms with Gasteiger partial charge in [0.1, 0.15) is 0 Å². The normalized spacial score (nSPS) is 13.8. The summed E-state index contributed by atoms with van der Waals surface area (Å²) in [5.41, 5.74) is 0. The molecule has 2 atom stereocenters. The van der Waals surface area contributed by atoms with Crippen molar-refractivity contribution < 1.29 is 9.59 Å². The van der Waals surface area contributed by atoms with Gasteiger partial charge in [-0.1, -0.05) is 13.8 Å². The Balaban J connectivity index is 4.51. The van der Waals surface area contributed by atoms with Gasteiger partial charge in [0.25, 0.3) is 0 Å². The highest BCUT2D eigenvalue weighted by Crippen LogP contribution is 2.17. The Morgan fingerprint density at radius 2 is 1.00 bits per heavy atom. The summed E-state index contributed by atoms with van der Waals surface area (Å²) in [6.45, 7) is 14.7. The third kappa shape index (κ3) is 5.21. The lowest BCUT2D eigenvalue weighted by Crippen LogP contribution is -2.39. The second-order valence-corrected chi connectivity index (χ2v) is 5.06. The SMILES string of the molecule is CCN(CC)C(=O)C(C)CC(C)C(=O)N(CC)CC. The van der Waals surface area contributed by atoms with Crippen LogP contribution in [0.5, 0.6) is 0 Å². The van der Waals surface area contributed by atoms with Gasteiger partial charge in [0.15, 0.2) is 0 Å². The summed E-state index contributed by atoms with van der Waals surface area (Å²) in [4.78, 5) is 28.0. The molecular weight excluding hydrogens is 240 g/mol. The summed E-state index contributed by atoms with van der Waals surface area (Å²) < 4.78 is 0. The van der Waals surface area contributed by atoms with E-state index in [4.69, 9.17) is 0 Å². The Labute approximate surface area is 118 Å². The second kappa shape index (κ2) is 8.94. The van der Waals surface area contributed by atoms with Crippen LogP contribution in [0.1, 0.15) is 48.0 Å². The number of hydrogen-bond donors (Lipinski definition) is 0. The third-order valence-corrected chi connectivity index (χ3v) is 3.70. The molecule has 0 heterocycles. The minimum absolute atomic E-state index is 0.0885. The Morgan fingerprint density at radius 3 is 1.21 bits per heavy atom. The number of hydrogen-bond acceptors (Lipinski definition) is 2. The molecule has 0 radical (unpaired) electrons. The first kappa shape index (κ1) is 17.9. The van der Waals surface area contributed by atoms with E-state index in [0.717, 1.165) is 26.2 Å². The lowest BCUT2D eigenvalue weighted by Gasteiger charge is -2.27. The summed E-state index contributed by atoms with van der Waals surface area (Å²) in [7, 11) is 0. The highest BCUT2D eigenvalue weighted by atomic mass is 16.2. The van der Waals surface area contributed by atoms with E-state index in [9.17, 15) is 9.59 Å². The van der Waals surface area contributed by atoms with E-state index in [0.29, 0.717) is 6.42 Å². The molecule has 4 heteroatoms. The minimum atomic E-state index is -0.0885. The minimum Gasteiger partial charge on any atom is -0.343 e. The standard InChI is InChI=1S/C15H30N2O2/c1-7-16(8-2)14(18)12(5)11-13(6)15(19)17(9-3)10-4/h12-13H,7-11H2,1-6H3. The number of carbonyl (C=O) groups excluding carboxylic acids is 2. The molecule has 0 aromatic heterocycles. The van der Waals surface area contributed by atoms with Gasteiger partial charge < -0.3 is 9.80 Å². The Bertz CT molecular complexity index is 256. The van der Waals surface area contributed by atoms with Gasteiger partial charge in [0, 0.05) is 38.0 Å². The lowest BCUT2D eigenvalue weighted by atomic mass is 9.95. The van der Waals surface area contributed by atoms with E-state index in [1.165, 1.54) is 0 Å². The van der Waals surface area contributed by atoms with E-state index in [2.05, 4.69) is 0 Å². The molecule has 2 unspecified atom stereocenters. The van der Waals surface area contributed by atoms with Crippen molar-refractivity contribution in [2.45, 2.75) is 48.0 Å². The molecule has 112 valence electrons. The maximum Gasteiger partial charge on any atom is 0.225 e. The lowest BCUT2D eigenvalue weighted by molar-refractivity contribution is -0.138. The van der Waals surface area contributed by atoms with Crippen molar-refractivity contribution in [2.75, 3.05) is 26.2 Å². The molecule has 4 nitrogen and oxygen atoms in total. The van der Waals surface area contributed by atoms with Crippen molar-refractivity contribution in [3.8, 4) is 0 Å². The van der Waals surface area contributed by atoms with Crippen LogP contribution in [-0.4, -0.2) is 47.8 Å². The first-order chi connectivity index (χ1) is 8.92. The fourth-order valence-electron chi connectivity index (χ4n) is 2.43. The van der Waals surface area contributed by atoms with Gasteiger partial charge in [0.05, 0.1) is 0 Å². The largest absolute Gasteiger partial charge is 0.343 e. The molecule has 0 aromatic rings. The average molecular weight is 270 g/mol. The highest BCUT2D eigenvalue weighted by molar-refractivity contribution is 5.81. The molecule has 0 aliphatic carbocycles. The Morgan fingerprint density at radius 1 is 0.737 bits per heavy atom. The Hall–Kier alpha value is -1.06. The van der Waals surface area contributed by atoms with Gasteiger partial charge >= 0.3 is 0 Å². The molecule has 19 heavy (non-hydrogen) atoms. The molecular formula is C15H30N2O2. The van der Waals surface area contributed by atoms with Gasteiger partial charge in [-0.25, -0.2) is 0 Å². The molecule has 0 N–H and O–H groups in total. The van der Waals surface area contributed by atoms with Gasteiger partial charge in [-0.2, -0.15) is 0 Å². The second-order valence-electron chi connectivity index (χ2n) is 5.06. The van der Waals surface area contributed by atoms with Crippen LogP contribution in [0.2, 0.25) is 0 Å². The molecule has 0 aromatic carbocycles. The van der Waals surface area contributed by atoms with E-state index in [1.807, 2.05) is 51.3 Å². The topological polar surface area (TPSA) is 40.6 Å². The molecule has 0 rings (SSSR count). The summed E-state index contributed by atoms with van der Waals surface area (Å²) >= 11 is 0. The van der Waals surface area contributed by atoms with Crippen LogP contribution in [0.25, 0.3) is 0 Å². The van der Waals surface area contributed by atoms with Gasteiger partial charge in [-0.15, -0.1) is 0 Å². The summed E-state index contributed by atoms with van der Waals surface area (Å²) in [6, 6.07) is 0. The van der Waals surface area contributed by atoms with E-state index in [1.54, 1.807) is 0 Å². The number of amides is 2. The predicted octanol–water partition coefficient (Wildman–Crippen LogP) is 2.39. The first-order valence-electron chi connectivity index (χ1n) is 7.50. The maximum atomic E-state index is 12.2. The van der Waals surface area contributed by atoms with Crippen molar-refractivity contribution in [1.82, 2.24) is 9.80 Å². The number of carbonyl (C=O) groups is 2. The van der Waals surface area contributed by atoms with Crippen LogP contribution in [0.4, 0.5) is 0 Å². The zero-order chi connectivity index (χ0) is 15.0. The fourth-order valence-corrected chi connectivity index (χ4v) is 2.43. The Kier molecular flexibility index (Phi) is 8.44. The monoisotopic (exact) mass is 270 g/mol. The molecule has 0 aliphatic rings. The molecule has 0 bridgehead atoms. The molecule has 2 amide bonds. The molecule has 0 aliphatic heterocycles. The summed E-state index contributed by atoms with van der Waals surface area (Å²) in [5.74, 6) is 0.136. The first-order valence-corrected chi connectivity index (χ1v) is 7.50. The average Bonchev–Trinajstić information content (AvgIpc) is 2.40. The van der Waals surface area contributed by atoms with E-state index < -0.39 is 0 Å². The number of nitrogens with zero attached hydrogens (tertiary/aromatic N) is 2. The third-order valence-electron chi connectivity index (χ3n) is 3.70. The quantitative estimate of drug-likeness (QED) is 0.679.